The van der Waals surface area contributed by atoms with Crippen LogP contribution in [0.15, 0.2) is 18.2 Å². The molecule has 0 radical (unpaired) electrons. The summed E-state index contributed by atoms with van der Waals surface area (Å²) >= 11 is 11.9. The minimum Gasteiger partial charge on any atom is -0.364 e. The molecule has 0 spiro atoms. The Morgan fingerprint density at radius 2 is 1.70 bits per heavy atom. The highest BCUT2D eigenvalue weighted by atomic mass is 35.5. The number of halogens is 2. The minimum atomic E-state index is -0.454. The summed E-state index contributed by atoms with van der Waals surface area (Å²) in [4.78, 5) is 27.2. The molecule has 5 N–H and O–H groups in total. The Labute approximate surface area is 170 Å². The van der Waals surface area contributed by atoms with E-state index >= 15 is 0 Å². The number of anilines is 1. The predicted molar refractivity (Wildman–Crippen MR) is 106 cm³/mol. The van der Waals surface area contributed by atoms with E-state index in [1.54, 1.807) is 18.2 Å². The second kappa shape index (κ2) is 8.78. The maximum absolute atomic E-state index is 12.4. The molecule has 1 aromatic carbocycles. The van der Waals surface area contributed by atoms with Gasteiger partial charge in [0.2, 0.25) is 0 Å². The number of nitrogens with one attached hydrogen (secondary N) is 3. The van der Waals surface area contributed by atoms with Crippen LogP contribution in [0.2, 0.25) is 10.0 Å². The van der Waals surface area contributed by atoms with Crippen LogP contribution in [-0.4, -0.2) is 50.1 Å². The Balaban J connectivity index is 1.55. The van der Waals surface area contributed by atoms with Gasteiger partial charge in [-0.3, -0.25) is 9.59 Å². The summed E-state index contributed by atoms with van der Waals surface area (Å²) in [7, 11) is 0. The number of piperidine rings is 2. The van der Waals surface area contributed by atoms with E-state index in [-0.39, 0.29) is 11.8 Å². The molecule has 27 heavy (non-hydrogen) atoms. The van der Waals surface area contributed by atoms with Gasteiger partial charge in [-0.05, 0) is 37.5 Å². The number of likely N-dealkylation sites (tertiary alicyclic amines) is 2. The summed E-state index contributed by atoms with van der Waals surface area (Å²) in [5.41, 5.74) is 6.02. The molecule has 1 aromatic rings. The van der Waals surface area contributed by atoms with Gasteiger partial charge >= 0.3 is 0 Å². The molecule has 8 heteroatoms. The maximum atomic E-state index is 12.4. The molecule has 3 rings (SSSR count). The number of rotatable bonds is 5. The third-order valence-electron chi connectivity index (χ3n) is 6.03. The first-order chi connectivity index (χ1) is 12.9. The van der Waals surface area contributed by atoms with Gasteiger partial charge in [0, 0.05) is 5.69 Å². The van der Waals surface area contributed by atoms with E-state index in [4.69, 9.17) is 28.9 Å². The topological polar surface area (TPSA) is 81.1 Å². The fourth-order valence-electron chi connectivity index (χ4n) is 4.44. The second-order valence-electron chi connectivity index (χ2n) is 7.71. The molecule has 2 fully saturated rings. The first-order valence-corrected chi connectivity index (χ1v) is 10.4. The number of hydrogen-bond donors (Lipinski definition) is 4. The lowest BCUT2D eigenvalue weighted by Gasteiger charge is -2.43. The molecule has 0 atom stereocenters. The molecular formula is C19H28Cl2N4O2+2. The number of carbonyl (C=O) groups is 2. The quantitative estimate of drug-likeness (QED) is 0.542. The second-order valence-corrected chi connectivity index (χ2v) is 8.53. The van der Waals surface area contributed by atoms with Crippen LogP contribution in [0.1, 0.15) is 32.1 Å². The molecule has 2 aliphatic rings. The van der Waals surface area contributed by atoms with Crippen LogP contribution in [0.5, 0.6) is 0 Å². The van der Waals surface area contributed by atoms with E-state index in [0.717, 1.165) is 51.9 Å². The van der Waals surface area contributed by atoms with Crippen molar-refractivity contribution < 1.29 is 19.4 Å². The molecule has 2 amide bonds. The van der Waals surface area contributed by atoms with Crippen LogP contribution in [0.25, 0.3) is 0 Å². The number of carbonyl (C=O) groups excluding carboxylic acids is 2. The molecule has 2 heterocycles. The van der Waals surface area contributed by atoms with Crippen molar-refractivity contribution in [2.45, 2.75) is 37.6 Å². The smallest absolute Gasteiger partial charge is 0.279 e. The lowest BCUT2D eigenvalue weighted by Crippen LogP contribution is -3.26. The SMILES string of the molecule is NC(=O)C1([NH+]2CCCCC2)CC[NH+](CC(=O)Nc2ccc(Cl)c(Cl)c2)CC1. The van der Waals surface area contributed by atoms with Crippen LogP contribution < -0.4 is 20.9 Å². The van der Waals surface area contributed by atoms with Crippen LogP contribution in [-0.2, 0) is 9.59 Å². The Morgan fingerprint density at radius 1 is 1.04 bits per heavy atom. The average molecular weight is 415 g/mol. The molecule has 0 bridgehead atoms. The fourth-order valence-corrected chi connectivity index (χ4v) is 4.74. The molecule has 0 aromatic heterocycles. The van der Waals surface area contributed by atoms with Gasteiger partial charge in [0.15, 0.2) is 12.1 Å². The van der Waals surface area contributed by atoms with Gasteiger partial charge in [-0.1, -0.05) is 23.2 Å². The lowest BCUT2D eigenvalue weighted by atomic mass is 9.83. The van der Waals surface area contributed by atoms with Crippen LogP contribution in [0, 0.1) is 0 Å². The van der Waals surface area contributed by atoms with Crippen LogP contribution in [0.4, 0.5) is 5.69 Å². The summed E-state index contributed by atoms with van der Waals surface area (Å²) in [6, 6.07) is 5.04. The Bertz CT molecular complexity index is 699. The summed E-state index contributed by atoms with van der Waals surface area (Å²) < 4.78 is 0. The van der Waals surface area contributed by atoms with Crippen molar-refractivity contribution in [3.63, 3.8) is 0 Å². The highest BCUT2D eigenvalue weighted by Crippen LogP contribution is 2.24. The third kappa shape index (κ3) is 4.74. The summed E-state index contributed by atoms with van der Waals surface area (Å²) in [6.45, 7) is 3.97. The molecule has 6 nitrogen and oxygen atoms in total. The van der Waals surface area contributed by atoms with Crippen molar-refractivity contribution in [2.75, 3.05) is 38.0 Å². The number of amides is 2. The van der Waals surface area contributed by atoms with Crippen molar-refractivity contribution in [1.29, 1.82) is 0 Å². The molecular weight excluding hydrogens is 387 g/mol. The summed E-state index contributed by atoms with van der Waals surface area (Å²) in [6.07, 6.45) is 5.05. The molecule has 2 saturated heterocycles. The van der Waals surface area contributed by atoms with Crippen molar-refractivity contribution in [1.82, 2.24) is 0 Å². The van der Waals surface area contributed by atoms with Crippen molar-refractivity contribution in [3.05, 3.63) is 28.2 Å². The number of primary amides is 1. The van der Waals surface area contributed by atoms with Crippen LogP contribution >= 0.6 is 23.2 Å². The number of nitrogens with two attached hydrogens (primary N) is 1. The average Bonchev–Trinajstić information content (AvgIpc) is 2.66. The highest BCUT2D eigenvalue weighted by Gasteiger charge is 2.50. The minimum absolute atomic E-state index is 0.0692. The largest absolute Gasteiger partial charge is 0.364 e. The number of quaternary nitrogens is 2. The molecule has 148 valence electrons. The van der Waals surface area contributed by atoms with Crippen molar-refractivity contribution >= 4 is 40.7 Å². The van der Waals surface area contributed by atoms with Gasteiger partial charge in [-0.2, -0.15) is 0 Å². The zero-order chi connectivity index (χ0) is 19.4. The lowest BCUT2D eigenvalue weighted by molar-refractivity contribution is -0.972. The molecule has 0 unspecified atom stereocenters. The van der Waals surface area contributed by atoms with E-state index in [2.05, 4.69) is 5.32 Å². The van der Waals surface area contributed by atoms with E-state index in [1.165, 1.54) is 16.2 Å². The summed E-state index contributed by atoms with van der Waals surface area (Å²) in [5, 5.41) is 3.73. The van der Waals surface area contributed by atoms with Crippen LogP contribution in [0.3, 0.4) is 0 Å². The number of hydrogen-bond acceptors (Lipinski definition) is 2. The first kappa shape index (κ1) is 20.4. The third-order valence-corrected chi connectivity index (χ3v) is 6.77. The van der Waals surface area contributed by atoms with Gasteiger partial charge in [0.25, 0.3) is 11.8 Å². The van der Waals surface area contributed by atoms with Crippen molar-refractivity contribution in [3.8, 4) is 0 Å². The molecule has 2 aliphatic heterocycles. The number of benzene rings is 1. The first-order valence-electron chi connectivity index (χ1n) is 9.64. The monoisotopic (exact) mass is 414 g/mol. The zero-order valence-electron chi connectivity index (χ0n) is 15.5. The van der Waals surface area contributed by atoms with E-state index in [0.29, 0.717) is 22.3 Å². The van der Waals surface area contributed by atoms with Gasteiger partial charge in [-0.25, -0.2) is 0 Å². The van der Waals surface area contributed by atoms with Gasteiger partial charge in [-0.15, -0.1) is 0 Å². The van der Waals surface area contributed by atoms with E-state index < -0.39 is 5.54 Å². The maximum Gasteiger partial charge on any atom is 0.279 e. The van der Waals surface area contributed by atoms with Crippen molar-refractivity contribution in [2.24, 2.45) is 5.73 Å². The molecule has 0 saturated carbocycles. The zero-order valence-corrected chi connectivity index (χ0v) is 17.0. The standard InChI is InChI=1S/C19H26Cl2N4O2/c20-15-5-4-14(12-16(15)21)23-17(26)13-24-10-6-19(7-11-24,18(22)27)25-8-2-1-3-9-25/h4-5,12H,1-3,6-11,13H2,(H2,22,27)(H,23,26)/p+2. The highest BCUT2D eigenvalue weighted by molar-refractivity contribution is 6.42. The Morgan fingerprint density at radius 3 is 2.30 bits per heavy atom. The van der Waals surface area contributed by atoms with E-state index in [1.807, 2.05) is 0 Å². The van der Waals surface area contributed by atoms with E-state index in [9.17, 15) is 9.59 Å². The Kier molecular flexibility index (Phi) is 6.63. The Hall–Kier alpha value is -1.34. The normalized spacial score (nSPS) is 26.5. The summed E-state index contributed by atoms with van der Waals surface area (Å²) in [5.74, 6) is -0.251. The molecule has 0 aliphatic carbocycles. The fraction of sp³-hybridized carbons (Fsp3) is 0.579. The van der Waals surface area contributed by atoms with Gasteiger partial charge < -0.3 is 20.9 Å². The van der Waals surface area contributed by atoms with Gasteiger partial charge in [0.1, 0.15) is 0 Å². The van der Waals surface area contributed by atoms with Gasteiger partial charge in [0.05, 0.1) is 49.1 Å². The predicted octanol–water partition coefficient (Wildman–Crippen LogP) is -0.0965.